The first-order valence-corrected chi connectivity index (χ1v) is 9.31. The molecule has 1 atom stereocenters. The van der Waals surface area contributed by atoms with Crippen LogP contribution in [-0.2, 0) is 0 Å². The fourth-order valence-corrected chi connectivity index (χ4v) is 2.45. The quantitative estimate of drug-likeness (QED) is 0.340. The molecule has 29 heavy (non-hydrogen) atoms. The second-order valence-corrected chi connectivity index (χ2v) is 6.25. The molecule has 0 aliphatic heterocycles. The maximum absolute atomic E-state index is 12.9. The van der Waals surface area contributed by atoms with Crippen LogP contribution in [0.4, 0.5) is 4.39 Å². The van der Waals surface area contributed by atoms with Crippen molar-refractivity contribution in [3.05, 3.63) is 59.9 Å². The summed E-state index contributed by atoms with van der Waals surface area (Å²) in [5.74, 6) is 1.45. The van der Waals surface area contributed by atoms with Crippen LogP contribution in [0.25, 0.3) is 0 Å². The Morgan fingerprint density at radius 1 is 1.00 bits per heavy atom. The van der Waals surface area contributed by atoms with Crippen molar-refractivity contribution in [1.82, 2.24) is 16.0 Å². The summed E-state index contributed by atoms with van der Waals surface area (Å²) in [5.41, 5.74) is 0.570. The maximum Gasteiger partial charge on any atom is 0.251 e. The zero-order valence-corrected chi connectivity index (χ0v) is 16.9. The Labute approximate surface area is 170 Å². The van der Waals surface area contributed by atoms with Gasteiger partial charge in [0.15, 0.2) is 5.96 Å². The van der Waals surface area contributed by atoms with Crippen molar-refractivity contribution in [2.75, 3.05) is 33.8 Å². The zero-order chi connectivity index (χ0) is 21.1. The van der Waals surface area contributed by atoms with Crippen LogP contribution in [0.2, 0.25) is 0 Å². The first kappa shape index (κ1) is 22.0. The first-order chi connectivity index (χ1) is 14.0. The molecule has 2 aromatic carbocycles. The van der Waals surface area contributed by atoms with E-state index in [4.69, 9.17) is 9.47 Å². The molecule has 0 saturated carbocycles. The van der Waals surface area contributed by atoms with Gasteiger partial charge in [0.25, 0.3) is 5.91 Å². The molecule has 0 aliphatic rings. The van der Waals surface area contributed by atoms with Crippen molar-refractivity contribution in [3.63, 3.8) is 0 Å². The molecule has 0 heterocycles. The van der Waals surface area contributed by atoms with Gasteiger partial charge in [0, 0.05) is 25.7 Å². The maximum atomic E-state index is 12.9. The number of nitrogens with one attached hydrogen (secondary N) is 3. The number of hydrogen-bond donors (Lipinski definition) is 3. The average Bonchev–Trinajstić information content (AvgIpc) is 2.74. The van der Waals surface area contributed by atoms with Crippen LogP contribution < -0.4 is 25.4 Å². The number of hydrogen-bond acceptors (Lipinski definition) is 4. The Hall–Kier alpha value is -3.29. The molecule has 0 saturated heterocycles. The molecule has 8 heteroatoms. The third-order valence-corrected chi connectivity index (χ3v) is 3.99. The fourth-order valence-electron chi connectivity index (χ4n) is 2.45. The van der Waals surface area contributed by atoms with E-state index in [1.54, 1.807) is 50.6 Å². The summed E-state index contributed by atoms with van der Waals surface area (Å²) in [6.07, 6.45) is -0.145. The van der Waals surface area contributed by atoms with Crippen molar-refractivity contribution in [2.45, 2.75) is 13.0 Å². The molecule has 0 aliphatic carbocycles. The minimum Gasteiger partial charge on any atom is -0.497 e. The number of benzene rings is 2. The lowest BCUT2D eigenvalue weighted by atomic mass is 10.2. The lowest BCUT2D eigenvalue weighted by Gasteiger charge is -2.18. The molecule has 0 bridgehead atoms. The fraction of sp³-hybridized carbons (Fsp3) is 0.333. The summed E-state index contributed by atoms with van der Waals surface area (Å²) in [4.78, 5) is 16.2. The molecule has 0 aromatic heterocycles. The number of guanidine groups is 1. The highest BCUT2D eigenvalue weighted by molar-refractivity contribution is 5.94. The molecule has 2 aromatic rings. The second-order valence-electron chi connectivity index (χ2n) is 6.25. The summed E-state index contributed by atoms with van der Waals surface area (Å²) < 4.78 is 23.7. The highest BCUT2D eigenvalue weighted by Gasteiger charge is 2.07. The molecular formula is C21H27FN4O3. The van der Waals surface area contributed by atoms with Gasteiger partial charge in [-0.15, -0.1) is 0 Å². The van der Waals surface area contributed by atoms with Crippen LogP contribution in [0.5, 0.6) is 11.5 Å². The third kappa shape index (κ3) is 7.69. The number of carbonyl (C=O) groups is 1. The van der Waals surface area contributed by atoms with Gasteiger partial charge in [-0.05, 0) is 55.5 Å². The topological polar surface area (TPSA) is 84.0 Å². The standard InChI is InChI=1S/C21H27FN4O3/c1-15(29-19-10-6-17(22)7-11-19)14-26-21(23-2)25-13-12-24-20(27)16-4-8-18(28-3)9-5-16/h4-11,15H,12-14H2,1-3H3,(H,24,27)(H2,23,25,26). The minimum atomic E-state index is -0.299. The molecule has 1 unspecified atom stereocenters. The molecule has 1 amide bonds. The van der Waals surface area contributed by atoms with E-state index in [-0.39, 0.29) is 17.8 Å². The average molecular weight is 402 g/mol. The van der Waals surface area contributed by atoms with Crippen molar-refractivity contribution >= 4 is 11.9 Å². The van der Waals surface area contributed by atoms with E-state index in [2.05, 4.69) is 20.9 Å². The third-order valence-electron chi connectivity index (χ3n) is 3.99. The number of halogens is 1. The monoisotopic (exact) mass is 402 g/mol. The van der Waals surface area contributed by atoms with Crippen molar-refractivity contribution in [2.24, 2.45) is 4.99 Å². The Balaban J connectivity index is 1.66. The molecule has 0 radical (unpaired) electrons. The number of methoxy groups -OCH3 is 1. The van der Waals surface area contributed by atoms with Crippen molar-refractivity contribution < 1.29 is 18.7 Å². The van der Waals surface area contributed by atoms with E-state index in [1.165, 1.54) is 12.1 Å². The van der Waals surface area contributed by atoms with Gasteiger partial charge >= 0.3 is 0 Å². The van der Waals surface area contributed by atoms with E-state index >= 15 is 0 Å². The van der Waals surface area contributed by atoms with Gasteiger partial charge in [0.05, 0.1) is 13.7 Å². The van der Waals surface area contributed by atoms with Crippen LogP contribution >= 0.6 is 0 Å². The van der Waals surface area contributed by atoms with Crippen LogP contribution in [0.15, 0.2) is 53.5 Å². The summed E-state index contributed by atoms with van der Waals surface area (Å²) in [6.45, 7) is 3.36. The number of ether oxygens (including phenoxy) is 2. The van der Waals surface area contributed by atoms with Crippen LogP contribution in [0, 0.1) is 5.82 Å². The van der Waals surface area contributed by atoms with E-state index in [9.17, 15) is 9.18 Å². The molecular weight excluding hydrogens is 375 g/mol. The van der Waals surface area contributed by atoms with Crippen LogP contribution in [0.1, 0.15) is 17.3 Å². The van der Waals surface area contributed by atoms with Gasteiger partial charge in [-0.1, -0.05) is 0 Å². The molecule has 156 valence electrons. The number of carbonyl (C=O) groups excluding carboxylic acids is 1. The van der Waals surface area contributed by atoms with Gasteiger partial charge in [-0.2, -0.15) is 0 Å². The minimum absolute atomic E-state index is 0.145. The predicted molar refractivity (Wildman–Crippen MR) is 111 cm³/mol. The highest BCUT2D eigenvalue weighted by Crippen LogP contribution is 2.13. The molecule has 0 spiro atoms. The normalized spacial score (nSPS) is 12.1. The highest BCUT2D eigenvalue weighted by atomic mass is 19.1. The van der Waals surface area contributed by atoms with Gasteiger partial charge < -0.3 is 25.4 Å². The van der Waals surface area contributed by atoms with Crippen molar-refractivity contribution in [1.29, 1.82) is 0 Å². The number of aliphatic imine (C=N–C) groups is 1. The Morgan fingerprint density at radius 2 is 1.62 bits per heavy atom. The molecule has 7 nitrogen and oxygen atoms in total. The number of nitrogens with zero attached hydrogens (tertiary/aromatic N) is 1. The molecule has 2 rings (SSSR count). The van der Waals surface area contributed by atoms with E-state index in [0.717, 1.165) is 0 Å². The lowest BCUT2D eigenvalue weighted by Crippen LogP contribution is -2.44. The zero-order valence-electron chi connectivity index (χ0n) is 16.9. The summed E-state index contributed by atoms with van der Waals surface area (Å²) >= 11 is 0. The van der Waals surface area contributed by atoms with Gasteiger partial charge in [-0.25, -0.2) is 4.39 Å². The van der Waals surface area contributed by atoms with Crippen LogP contribution in [-0.4, -0.2) is 51.8 Å². The van der Waals surface area contributed by atoms with Crippen molar-refractivity contribution in [3.8, 4) is 11.5 Å². The van der Waals surface area contributed by atoms with E-state index in [1.807, 2.05) is 6.92 Å². The van der Waals surface area contributed by atoms with E-state index < -0.39 is 0 Å². The van der Waals surface area contributed by atoms with Gasteiger partial charge in [0.1, 0.15) is 23.4 Å². The SMILES string of the molecule is CN=C(NCCNC(=O)c1ccc(OC)cc1)NCC(C)Oc1ccc(F)cc1. The van der Waals surface area contributed by atoms with Gasteiger partial charge in [0.2, 0.25) is 0 Å². The second kappa shape index (κ2) is 11.5. The number of amides is 1. The number of rotatable bonds is 9. The summed E-state index contributed by atoms with van der Waals surface area (Å²) in [5, 5.41) is 9.10. The Morgan fingerprint density at radius 3 is 2.24 bits per heavy atom. The molecule has 0 fully saturated rings. The summed E-state index contributed by atoms with van der Waals surface area (Å²) in [6, 6.07) is 12.8. The Bertz CT molecular complexity index is 795. The van der Waals surface area contributed by atoms with E-state index in [0.29, 0.717) is 42.7 Å². The first-order valence-electron chi connectivity index (χ1n) is 9.31. The summed E-state index contributed by atoms with van der Waals surface area (Å²) in [7, 11) is 3.24. The predicted octanol–water partition coefficient (Wildman–Crippen LogP) is 2.20. The van der Waals surface area contributed by atoms with Crippen LogP contribution in [0.3, 0.4) is 0 Å². The lowest BCUT2D eigenvalue weighted by molar-refractivity contribution is 0.0954. The largest absolute Gasteiger partial charge is 0.497 e. The molecule has 3 N–H and O–H groups in total. The Kier molecular flexibility index (Phi) is 8.75. The smallest absolute Gasteiger partial charge is 0.251 e. The van der Waals surface area contributed by atoms with Gasteiger partial charge in [-0.3, -0.25) is 9.79 Å².